The predicted molar refractivity (Wildman–Crippen MR) is 83.1 cm³/mol. The maximum Gasteiger partial charge on any atom is 0.345 e. The second kappa shape index (κ2) is 4.91. The van der Waals surface area contributed by atoms with Crippen molar-refractivity contribution < 1.29 is 4.39 Å². The van der Waals surface area contributed by atoms with Crippen LogP contribution in [0.5, 0.6) is 0 Å². The molecule has 0 bridgehead atoms. The molecule has 0 spiro atoms. The topological polar surface area (TPSA) is 45.8 Å². The Bertz CT molecular complexity index is 913. The second-order valence-corrected chi connectivity index (χ2v) is 5.41. The first-order valence-electron chi connectivity index (χ1n) is 7.20. The highest BCUT2D eigenvalue weighted by atomic mass is 19.1. The Balaban J connectivity index is 1.98. The Hall–Kier alpha value is -2.75. The largest absolute Gasteiger partial charge is 0.345 e. The van der Waals surface area contributed by atoms with Gasteiger partial charge in [-0.25, -0.2) is 9.18 Å². The maximum atomic E-state index is 13.1. The highest BCUT2D eigenvalue weighted by Gasteiger charge is 2.21. The van der Waals surface area contributed by atoms with Crippen LogP contribution in [0.25, 0.3) is 22.5 Å². The summed E-state index contributed by atoms with van der Waals surface area (Å²) in [6, 6.07) is 14.2. The number of nitrogens with one attached hydrogen (secondary N) is 1. The number of nitrogens with zero attached hydrogens (tertiary/aromatic N) is 1. The zero-order valence-electron chi connectivity index (χ0n) is 11.8. The van der Waals surface area contributed by atoms with Crippen molar-refractivity contribution in [1.29, 1.82) is 0 Å². The SMILES string of the molecule is O=c1nc(-c2ccc(F)cc2)c2c([nH]1)-c1ccccc1CC2. The molecule has 0 unspecified atom stereocenters. The van der Waals surface area contributed by atoms with E-state index in [0.717, 1.165) is 35.2 Å². The summed E-state index contributed by atoms with van der Waals surface area (Å²) in [7, 11) is 0. The van der Waals surface area contributed by atoms with Gasteiger partial charge in [0.25, 0.3) is 0 Å². The molecule has 3 aromatic rings. The number of H-pyrrole nitrogens is 1. The van der Waals surface area contributed by atoms with E-state index in [1.54, 1.807) is 12.1 Å². The molecule has 4 rings (SSSR count). The molecule has 0 radical (unpaired) electrons. The molecule has 0 aliphatic heterocycles. The number of benzene rings is 2. The lowest BCUT2D eigenvalue weighted by atomic mass is 9.87. The average Bonchev–Trinajstić information content (AvgIpc) is 2.55. The first-order valence-corrected chi connectivity index (χ1v) is 7.20. The lowest BCUT2D eigenvalue weighted by molar-refractivity contribution is 0.628. The fourth-order valence-corrected chi connectivity index (χ4v) is 3.06. The summed E-state index contributed by atoms with van der Waals surface area (Å²) in [4.78, 5) is 19.0. The number of aromatic nitrogens is 2. The van der Waals surface area contributed by atoms with E-state index in [9.17, 15) is 9.18 Å². The molecule has 108 valence electrons. The summed E-state index contributed by atoms with van der Waals surface area (Å²) in [6.07, 6.45) is 1.72. The normalized spacial score (nSPS) is 12.6. The first-order chi connectivity index (χ1) is 10.7. The van der Waals surface area contributed by atoms with Gasteiger partial charge >= 0.3 is 5.69 Å². The van der Waals surface area contributed by atoms with Gasteiger partial charge in [-0.2, -0.15) is 4.98 Å². The molecular formula is C18H13FN2O. The van der Waals surface area contributed by atoms with Gasteiger partial charge < -0.3 is 4.98 Å². The summed E-state index contributed by atoms with van der Waals surface area (Å²) < 4.78 is 13.1. The fraction of sp³-hybridized carbons (Fsp3) is 0.111. The molecule has 1 aliphatic carbocycles. The molecule has 1 heterocycles. The summed E-state index contributed by atoms with van der Waals surface area (Å²) in [6.45, 7) is 0. The van der Waals surface area contributed by atoms with E-state index in [4.69, 9.17) is 0 Å². The van der Waals surface area contributed by atoms with Crippen molar-refractivity contribution in [2.45, 2.75) is 12.8 Å². The van der Waals surface area contributed by atoms with Crippen LogP contribution < -0.4 is 5.69 Å². The molecule has 4 heteroatoms. The fourth-order valence-electron chi connectivity index (χ4n) is 3.06. The number of aromatic amines is 1. The summed E-state index contributed by atoms with van der Waals surface area (Å²) >= 11 is 0. The minimum absolute atomic E-state index is 0.298. The van der Waals surface area contributed by atoms with E-state index in [2.05, 4.69) is 16.0 Å². The smallest absolute Gasteiger partial charge is 0.305 e. The van der Waals surface area contributed by atoms with Crippen LogP contribution in [-0.4, -0.2) is 9.97 Å². The van der Waals surface area contributed by atoms with Gasteiger partial charge in [-0.1, -0.05) is 24.3 Å². The molecule has 22 heavy (non-hydrogen) atoms. The van der Waals surface area contributed by atoms with Gasteiger partial charge in [-0.3, -0.25) is 0 Å². The number of halogens is 1. The molecule has 0 fully saturated rings. The van der Waals surface area contributed by atoms with Crippen molar-refractivity contribution in [2.24, 2.45) is 0 Å². The van der Waals surface area contributed by atoms with Crippen molar-refractivity contribution in [3.05, 3.63) is 76.0 Å². The van der Waals surface area contributed by atoms with E-state index in [1.165, 1.54) is 17.7 Å². The van der Waals surface area contributed by atoms with Crippen molar-refractivity contribution in [3.8, 4) is 22.5 Å². The molecule has 0 saturated carbocycles. The van der Waals surface area contributed by atoms with Gasteiger partial charge in [0.2, 0.25) is 0 Å². The van der Waals surface area contributed by atoms with Gasteiger partial charge in [-0.15, -0.1) is 0 Å². The number of aryl methyl sites for hydroxylation is 1. The second-order valence-electron chi connectivity index (χ2n) is 5.41. The number of hydrogen-bond acceptors (Lipinski definition) is 2. The summed E-state index contributed by atoms with van der Waals surface area (Å²) in [5.74, 6) is -0.298. The Morgan fingerprint density at radius 2 is 1.77 bits per heavy atom. The van der Waals surface area contributed by atoms with E-state index in [0.29, 0.717) is 5.69 Å². The van der Waals surface area contributed by atoms with Crippen molar-refractivity contribution in [3.63, 3.8) is 0 Å². The van der Waals surface area contributed by atoms with Crippen LogP contribution in [0, 0.1) is 5.82 Å². The van der Waals surface area contributed by atoms with Crippen molar-refractivity contribution in [2.75, 3.05) is 0 Å². The molecular weight excluding hydrogens is 279 g/mol. The molecule has 2 aromatic carbocycles. The van der Waals surface area contributed by atoms with Crippen molar-refractivity contribution in [1.82, 2.24) is 9.97 Å². The minimum Gasteiger partial charge on any atom is -0.305 e. The number of fused-ring (bicyclic) bond motifs is 3. The molecule has 1 N–H and O–H groups in total. The molecule has 0 atom stereocenters. The summed E-state index contributed by atoms with van der Waals surface area (Å²) in [5, 5.41) is 0. The molecule has 1 aromatic heterocycles. The van der Waals surface area contributed by atoms with Crippen LogP contribution in [0.2, 0.25) is 0 Å². The molecule has 0 saturated heterocycles. The van der Waals surface area contributed by atoms with Crippen LogP contribution in [0.1, 0.15) is 11.1 Å². The van der Waals surface area contributed by atoms with E-state index in [1.807, 2.05) is 18.2 Å². The number of hydrogen-bond donors (Lipinski definition) is 1. The summed E-state index contributed by atoms with van der Waals surface area (Å²) in [5.41, 5.74) is 5.16. The minimum atomic E-state index is -0.380. The Morgan fingerprint density at radius 3 is 2.59 bits per heavy atom. The van der Waals surface area contributed by atoms with Crippen LogP contribution in [0.15, 0.2) is 53.3 Å². The van der Waals surface area contributed by atoms with E-state index >= 15 is 0 Å². The zero-order chi connectivity index (χ0) is 15.1. The predicted octanol–water partition coefficient (Wildman–Crippen LogP) is 3.34. The Labute approximate surface area is 126 Å². The Morgan fingerprint density at radius 1 is 1.00 bits per heavy atom. The molecule has 1 aliphatic rings. The first kappa shape index (κ1) is 13.0. The van der Waals surface area contributed by atoms with Gasteiger partial charge in [0, 0.05) is 16.7 Å². The third-order valence-electron chi connectivity index (χ3n) is 4.08. The zero-order valence-corrected chi connectivity index (χ0v) is 11.8. The van der Waals surface area contributed by atoms with Crippen LogP contribution in [-0.2, 0) is 12.8 Å². The quantitative estimate of drug-likeness (QED) is 0.747. The standard InChI is InChI=1S/C18H13FN2O/c19-13-8-5-12(6-9-13)16-15-10-7-11-3-1-2-4-14(11)17(15)21-18(22)20-16/h1-6,8-9H,7,10H2,(H,20,21,22). The lowest BCUT2D eigenvalue weighted by Gasteiger charge is -2.21. The van der Waals surface area contributed by atoms with Crippen LogP contribution >= 0.6 is 0 Å². The van der Waals surface area contributed by atoms with Gasteiger partial charge in [-0.05, 0) is 42.7 Å². The van der Waals surface area contributed by atoms with Crippen LogP contribution in [0.4, 0.5) is 4.39 Å². The van der Waals surface area contributed by atoms with E-state index < -0.39 is 0 Å². The lowest BCUT2D eigenvalue weighted by Crippen LogP contribution is -2.18. The Kier molecular flexibility index (Phi) is 2.89. The van der Waals surface area contributed by atoms with Gasteiger partial charge in [0.1, 0.15) is 5.82 Å². The third kappa shape index (κ3) is 2.04. The molecule has 0 amide bonds. The van der Waals surface area contributed by atoms with Crippen molar-refractivity contribution >= 4 is 0 Å². The molecule has 3 nitrogen and oxygen atoms in total. The van der Waals surface area contributed by atoms with Gasteiger partial charge in [0.15, 0.2) is 0 Å². The van der Waals surface area contributed by atoms with Gasteiger partial charge in [0.05, 0.1) is 11.4 Å². The highest BCUT2D eigenvalue weighted by Crippen LogP contribution is 2.35. The number of rotatable bonds is 1. The maximum absolute atomic E-state index is 13.1. The average molecular weight is 292 g/mol. The third-order valence-corrected chi connectivity index (χ3v) is 4.08. The van der Waals surface area contributed by atoms with E-state index in [-0.39, 0.29) is 11.5 Å². The van der Waals surface area contributed by atoms with Crippen LogP contribution in [0.3, 0.4) is 0 Å². The monoisotopic (exact) mass is 292 g/mol. The highest BCUT2D eigenvalue weighted by molar-refractivity contribution is 5.76.